The van der Waals surface area contributed by atoms with Crippen LogP contribution >= 0.6 is 11.3 Å². The second kappa shape index (κ2) is 3.71. The van der Waals surface area contributed by atoms with Gasteiger partial charge in [0.1, 0.15) is 10.7 Å². The summed E-state index contributed by atoms with van der Waals surface area (Å²) in [4.78, 5) is 16.1. The summed E-state index contributed by atoms with van der Waals surface area (Å²) >= 11 is 1.26. The van der Waals surface area contributed by atoms with E-state index in [-0.39, 0.29) is 5.91 Å². The van der Waals surface area contributed by atoms with Gasteiger partial charge in [-0.05, 0) is 31.5 Å². The van der Waals surface area contributed by atoms with Crippen LogP contribution in [-0.4, -0.2) is 10.9 Å². The van der Waals surface area contributed by atoms with Gasteiger partial charge in [-0.15, -0.1) is 0 Å². The van der Waals surface area contributed by atoms with Gasteiger partial charge in [0.05, 0.1) is 5.41 Å². The van der Waals surface area contributed by atoms with Gasteiger partial charge in [-0.3, -0.25) is 4.79 Å². The van der Waals surface area contributed by atoms with Gasteiger partial charge >= 0.3 is 0 Å². The van der Waals surface area contributed by atoms with Gasteiger partial charge in [-0.25, -0.2) is 4.98 Å². The lowest BCUT2D eigenvalue weighted by molar-refractivity contribution is -0.119. The molecule has 0 aliphatic carbocycles. The van der Waals surface area contributed by atoms with Crippen LogP contribution in [0.25, 0.3) is 11.3 Å². The lowest BCUT2D eigenvalue weighted by atomic mass is 9.85. The van der Waals surface area contributed by atoms with Crippen molar-refractivity contribution in [3.05, 3.63) is 23.8 Å². The van der Waals surface area contributed by atoms with E-state index >= 15 is 0 Å². The maximum atomic E-state index is 11.9. The highest BCUT2D eigenvalue weighted by Gasteiger charge is 2.38. The van der Waals surface area contributed by atoms with E-state index in [1.54, 1.807) is 0 Å². The number of nitrogens with two attached hydrogens (primary N) is 2. The fraction of sp³-hybridized carbons (Fsp3) is 0.231. The van der Waals surface area contributed by atoms with Crippen molar-refractivity contribution in [1.82, 2.24) is 4.98 Å². The van der Waals surface area contributed by atoms with Crippen LogP contribution in [0, 0.1) is 0 Å². The SMILES string of the molecule is CC1(C)C(=O)Nc2ccc(-c3nc(N)sc3N)cc21. The van der Waals surface area contributed by atoms with E-state index in [4.69, 9.17) is 11.5 Å². The summed E-state index contributed by atoms with van der Waals surface area (Å²) in [6, 6.07) is 5.73. The summed E-state index contributed by atoms with van der Waals surface area (Å²) in [5.41, 5.74) is 14.4. The number of benzene rings is 1. The van der Waals surface area contributed by atoms with Crippen LogP contribution < -0.4 is 16.8 Å². The number of rotatable bonds is 1. The monoisotopic (exact) mass is 274 g/mol. The number of nitrogen functional groups attached to an aromatic ring is 2. The lowest BCUT2D eigenvalue weighted by Gasteiger charge is -2.15. The molecule has 5 nitrogen and oxygen atoms in total. The Hall–Kier alpha value is -2.08. The largest absolute Gasteiger partial charge is 0.389 e. The molecular formula is C13H14N4OS. The number of hydrogen-bond acceptors (Lipinski definition) is 5. The molecule has 0 atom stereocenters. The molecule has 2 aromatic rings. The van der Waals surface area contributed by atoms with Gasteiger partial charge in [0.2, 0.25) is 5.91 Å². The molecule has 1 aromatic carbocycles. The third kappa shape index (κ3) is 1.67. The Morgan fingerprint density at radius 3 is 2.68 bits per heavy atom. The molecule has 0 radical (unpaired) electrons. The molecule has 98 valence electrons. The van der Waals surface area contributed by atoms with E-state index < -0.39 is 5.41 Å². The maximum Gasteiger partial charge on any atom is 0.234 e. The van der Waals surface area contributed by atoms with E-state index in [2.05, 4.69) is 10.3 Å². The summed E-state index contributed by atoms with van der Waals surface area (Å²) in [7, 11) is 0. The molecule has 1 amide bonds. The third-order valence-corrected chi connectivity index (χ3v) is 4.17. The molecule has 1 aliphatic rings. The number of nitrogens with zero attached hydrogens (tertiary/aromatic N) is 1. The Bertz CT molecular complexity index is 690. The summed E-state index contributed by atoms with van der Waals surface area (Å²) in [5, 5.41) is 3.91. The summed E-state index contributed by atoms with van der Waals surface area (Å²) in [5.74, 6) is 0.00501. The minimum Gasteiger partial charge on any atom is -0.389 e. The van der Waals surface area contributed by atoms with Crippen molar-refractivity contribution in [1.29, 1.82) is 0 Å². The number of aromatic nitrogens is 1. The molecule has 0 saturated heterocycles. The first-order valence-electron chi connectivity index (χ1n) is 5.87. The third-order valence-electron chi connectivity index (χ3n) is 3.45. The normalized spacial score (nSPS) is 16.2. The second-order valence-electron chi connectivity index (χ2n) is 5.10. The average molecular weight is 274 g/mol. The van der Waals surface area contributed by atoms with Gasteiger partial charge < -0.3 is 16.8 Å². The zero-order valence-electron chi connectivity index (χ0n) is 10.7. The van der Waals surface area contributed by atoms with E-state index in [9.17, 15) is 4.79 Å². The van der Waals surface area contributed by atoms with Gasteiger partial charge in [0, 0.05) is 11.3 Å². The maximum absolute atomic E-state index is 11.9. The molecule has 0 bridgehead atoms. The van der Waals surface area contributed by atoms with Gasteiger partial charge in [-0.1, -0.05) is 17.4 Å². The minimum atomic E-state index is -0.540. The standard InChI is InChI=1S/C13H14N4OS/c1-13(2)7-5-6(3-4-8(7)16-11(13)18)9-10(14)19-12(15)17-9/h3-5H,14H2,1-2H3,(H2,15,17)(H,16,18). The van der Waals surface area contributed by atoms with Gasteiger partial charge in [0.15, 0.2) is 5.13 Å². The zero-order valence-corrected chi connectivity index (χ0v) is 11.5. The number of nitrogens with one attached hydrogen (secondary N) is 1. The summed E-state index contributed by atoms with van der Waals surface area (Å²) in [6.07, 6.45) is 0. The topological polar surface area (TPSA) is 94.0 Å². The number of thiazole rings is 1. The Labute approximate surface area is 114 Å². The Morgan fingerprint density at radius 1 is 1.32 bits per heavy atom. The first kappa shape index (κ1) is 12.0. The number of hydrogen-bond donors (Lipinski definition) is 3. The summed E-state index contributed by atoms with van der Waals surface area (Å²) in [6.45, 7) is 3.80. The fourth-order valence-corrected chi connectivity index (χ4v) is 2.90. The molecule has 6 heteroatoms. The Balaban J connectivity index is 2.16. The number of amides is 1. The van der Waals surface area contributed by atoms with Crippen LogP contribution in [0.3, 0.4) is 0 Å². The molecule has 5 N–H and O–H groups in total. The number of carbonyl (C=O) groups excluding carboxylic acids is 1. The first-order chi connectivity index (χ1) is 8.89. The lowest BCUT2D eigenvalue weighted by Crippen LogP contribution is -2.26. The average Bonchev–Trinajstić information content (AvgIpc) is 2.78. The number of fused-ring (bicyclic) bond motifs is 1. The molecule has 1 aliphatic heterocycles. The van der Waals surface area contributed by atoms with Crippen LogP contribution in [0.2, 0.25) is 0 Å². The van der Waals surface area contributed by atoms with Crippen LogP contribution in [0.15, 0.2) is 18.2 Å². The molecule has 1 aromatic heterocycles. The van der Waals surface area contributed by atoms with Crippen molar-refractivity contribution in [2.45, 2.75) is 19.3 Å². The highest BCUT2D eigenvalue weighted by Crippen LogP contribution is 2.41. The van der Waals surface area contributed by atoms with Crippen molar-refractivity contribution < 1.29 is 4.79 Å². The molecule has 0 saturated carbocycles. The smallest absolute Gasteiger partial charge is 0.234 e. The molecule has 0 spiro atoms. The van der Waals surface area contributed by atoms with E-state index in [0.29, 0.717) is 15.8 Å². The molecule has 3 rings (SSSR count). The quantitative estimate of drug-likeness (QED) is 0.743. The van der Waals surface area contributed by atoms with Crippen LogP contribution in [0.1, 0.15) is 19.4 Å². The first-order valence-corrected chi connectivity index (χ1v) is 6.69. The molecule has 0 fully saturated rings. The summed E-state index contributed by atoms with van der Waals surface area (Å²) < 4.78 is 0. The van der Waals surface area contributed by atoms with Crippen LogP contribution in [-0.2, 0) is 10.2 Å². The van der Waals surface area contributed by atoms with Crippen molar-refractivity contribution in [2.75, 3.05) is 16.8 Å². The van der Waals surface area contributed by atoms with Crippen molar-refractivity contribution in [3.63, 3.8) is 0 Å². The minimum absolute atomic E-state index is 0.00501. The van der Waals surface area contributed by atoms with Crippen molar-refractivity contribution in [3.8, 4) is 11.3 Å². The van der Waals surface area contributed by atoms with Crippen LogP contribution in [0.5, 0.6) is 0 Å². The van der Waals surface area contributed by atoms with Gasteiger partial charge in [0.25, 0.3) is 0 Å². The molecule has 0 unspecified atom stereocenters. The predicted octanol–water partition coefficient (Wildman–Crippen LogP) is 2.20. The highest BCUT2D eigenvalue weighted by atomic mass is 32.1. The van der Waals surface area contributed by atoms with E-state index in [0.717, 1.165) is 16.8 Å². The van der Waals surface area contributed by atoms with Gasteiger partial charge in [-0.2, -0.15) is 0 Å². The number of anilines is 3. The molecular weight excluding hydrogens is 260 g/mol. The van der Waals surface area contributed by atoms with Crippen molar-refractivity contribution >= 4 is 33.1 Å². The predicted molar refractivity (Wildman–Crippen MR) is 78.0 cm³/mol. The molecule has 19 heavy (non-hydrogen) atoms. The fourth-order valence-electron chi connectivity index (χ4n) is 2.27. The Morgan fingerprint density at radius 2 is 2.05 bits per heavy atom. The number of carbonyl (C=O) groups is 1. The van der Waals surface area contributed by atoms with Crippen LogP contribution in [0.4, 0.5) is 15.8 Å². The van der Waals surface area contributed by atoms with E-state index in [1.165, 1.54) is 11.3 Å². The Kier molecular flexibility index (Phi) is 2.34. The highest BCUT2D eigenvalue weighted by molar-refractivity contribution is 7.19. The van der Waals surface area contributed by atoms with E-state index in [1.807, 2.05) is 32.0 Å². The molecule has 2 heterocycles. The van der Waals surface area contributed by atoms with Crippen molar-refractivity contribution in [2.24, 2.45) is 0 Å². The second-order valence-corrected chi connectivity index (χ2v) is 6.17. The zero-order chi connectivity index (χ0) is 13.8.